The highest BCUT2D eigenvalue weighted by Crippen LogP contribution is 2.37. The highest BCUT2D eigenvalue weighted by molar-refractivity contribution is 7.90. The molecule has 0 bridgehead atoms. The van der Waals surface area contributed by atoms with E-state index >= 15 is 0 Å². The zero-order chi connectivity index (χ0) is 27.0. The Morgan fingerprint density at radius 1 is 0.947 bits per heavy atom. The molecule has 0 spiro atoms. The molecule has 0 N–H and O–H groups in total. The molecule has 2 heterocycles. The number of amides is 1. The Morgan fingerprint density at radius 3 is 2.29 bits per heavy atom. The fraction of sp³-hybridized carbons (Fsp3) is 0.214. The van der Waals surface area contributed by atoms with Crippen molar-refractivity contribution in [2.45, 2.75) is 10.9 Å². The third-order valence-electron chi connectivity index (χ3n) is 6.75. The number of aromatic nitrogens is 2. The van der Waals surface area contributed by atoms with E-state index < -0.39 is 9.84 Å². The second-order valence-corrected chi connectivity index (χ2v) is 12.3. The summed E-state index contributed by atoms with van der Waals surface area (Å²) in [7, 11) is -1.29. The van der Waals surface area contributed by atoms with Crippen LogP contribution in [0.25, 0.3) is 28.2 Å². The van der Waals surface area contributed by atoms with E-state index in [0.29, 0.717) is 34.5 Å². The first-order chi connectivity index (χ1) is 18.2. The number of carbonyl (C=O) groups excluding carboxylic acids is 1. The summed E-state index contributed by atoms with van der Waals surface area (Å²) in [6, 6.07) is 19.7. The number of hydrogen-bond acceptors (Lipinski definition) is 5. The van der Waals surface area contributed by atoms with E-state index in [-0.39, 0.29) is 10.9 Å². The van der Waals surface area contributed by atoms with Crippen molar-refractivity contribution in [3.63, 3.8) is 0 Å². The van der Waals surface area contributed by atoms with E-state index in [1.54, 1.807) is 41.3 Å². The fourth-order valence-corrected chi connectivity index (χ4v) is 5.92. The smallest absolute Gasteiger partial charge is 0.210 e. The Kier molecular flexibility index (Phi) is 7.33. The van der Waals surface area contributed by atoms with Gasteiger partial charge in [0.2, 0.25) is 6.41 Å². The highest BCUT2D eigenvalue weighted by atomic mass is 35.5. The van der Waals surface area contributed by atoms with Crippen molar-refractivity contribution in [1.29, 1.82) is 0 Å². The summed E-state index contributed by atoms with van der Waals surface area (Å²) < 4.78 is 26.0. The summed E-state index contributed by atoms with van der Waals surface area (Å²) in [6.45, 7) is 2.06. The van der Waals surface area contributed by atoms with E-state index in [0.717, 1.165) is 35.5 Å². The number of benzene rings is 3. The van der Waals surface area contributed by atoms with Gasteiger partial charge in [-0.2, -0.15) is 0 Å². The van der Waals surface area contributed by atoms with Gasteiger partial charge in [0.05, 0.1) is 32.2 Å². The SMILES string of the molecule is CN1CCN(C=O)C(c2cn(-c3ccc(-c4cccc(S(C)(=O)=O)c4)cc3)c(-c3c(Cl)cccc3Cl)n2)C1. The summed E-state index contributed by atoms with van der Waals surface area (Å²) in [6.07, 6.45) is 4.00. The minimum absolute atomic E-state index is 0.217. The minimum atomic E-state index is -3.32. The third-order valence-corrected chi connectivity index (χ3v) is 8.49. The summed E-state index contributed by atoms with van der Waals surface area (Å²) in [5.41, 5.74) is 3.83. The maximum atomic E-state index is 12.0. The lowest BCUT2D eigenvalue weighted by atomic mass is 10.1. The molecule has 0 saturated carbocycles. The van der Waals surface area contributed by atoms with Crippen LogP contribution in [0.15, 0.2) is 77.8 Å². The molecule has 1 unspecified atom stereocenters. The zero-order valence-corrected chi connectivity index (χ0v) is 23.2. The molecule has 1 fully saturated rings. The number of imidazole rings is 1. The molecule has 7 nitrogen and oxygen atoms in total. The summed E-state index contributed by atoms with van der Waals surface area (Å²) >= 11 is 13.2. The fourth-order valence-electron chi connectivity index (χ4n) is 4.69. The molecule has 5 rings (SSSR count). The topological polar surface area (TPSA) is 75.5 Å². The maximum Gasteiger partial charge on any atom is 0.210 e. The molecule has 4 aromatic rings. The zero-order valence-electron chi connectivity index (χ0n) is 20.9. The monoisotopic (exact) mass is 568 g/mol. The van der Waals surface area contributed by atoms with Crippen LogP contribution in [-0.4, -0.2) is 67.1 Å². The van der Waals surface area contributed by atoms with E-state index in [2.05, 4.69) is 4.90 Å². The molecule has 3 aromatic carbocycles. The highest BCUT2D eigenvalue weighted by Gasteiger charge is 2.29. The molecule has 1 saturated heterocycles. The van der Waals surface area contributed by atoms with Crippen LogP contribution >= 0.6 is 23.2 Å². The molecule has 1 aliphatic heterocycles. The Bertz CT molecular complexity index is 1580. The first-order valence-electron chi connectivity index (χ1n) is 12.0. The number of likely N-dealkylation sites (N-methyl/N-ethyl adjacent to an activating group) is 1. The van der Waals surface area contributed by atoms with E-state index in [9.17, 15) is 13.2 Å². The predicted octanol–water partition coefficient (Wildman–Crippen LogP) is 5.36. The van der Waals surface area contributed by atoms with E-state index in [4.69, 9.17) is 28.2 Å². The number of carbonyl (C=O) groups is 1. The van der Waals surface area contributed by atoms with Gasteiger partial charge in [-0.05, 0) is 54.6 Å². The number of nitrogens with zero attached hydrogens (tertiary/aromatic N) is 4. The van der Waals surface area contributed by atoms with Crippen LogP contribution in [-0.2, 0) is 14.6 Å². The largest absolute Gasteiger partial charge is 0.334 e. The first kappa shape index (κ1) is 26.4. The van der Waals surface area contributed by atoms with E-state index in [1.807, 2.05) is 48.1 Å². The van der Waals surface area contributed by atoms with Crippen molar-refractivity contribution >= 4 is 39.4 Å². The molecule has 1 aliphatic rings. The van der Waals surface area contributed by atoms with Crippen molar-refractivity contribution in [1.82, 2.24) is 19.4 Å². The standard InChI is InChI=1S/C28H26Cl2N4O3S/c1-32-13-14-33(18-35)26(17-32)25-16-34(28(31-25)27-23(29)7-4-8-24(27)30)21-11-9-19(10-12-21)20-5-3-6-22(15-20)38(2,36)37/h3-12,15-16,18,26H,13-14,17H2,1-2H3. The lowest BCUT2D eigenvalue weighted by Crippen LogP contribution is -2.46. The Balaban J connectivity index is 1.61. The average molecular weight is 570 g/mol. The predicted molar refractivity (Wildman–Crippen MR) is 151 cm³/mol. The van der Waals surface area contributed by atoms with Gasteiger partial charge in [-0.25, -0.2) is 13.4 Å². The van der Waals surface area contributed by atoms with Gasteiger partial charge in [-0.15, -0.1) is 0 Å². The van der Waals surface area contributed by atoms with E-state index in [1.165, 1.54) is 6.26 Å². The van der Waals surface area contributed by atoms with Crippen LogP contribution in [0.5, 0.6) is 0 Å². The Labute approximate surface area is 232 Å². The van der Waals surface area contributed by atoms with Crippen molar-refractivity contribution in [2.24, 2.45) is 0 Å². The Morgan fingerprint density at radius 2 is 1.63 bits per heavy atom. The summed E-state index contributed by atoms with van der Waals surface area (Å²) in [5.74, 6) is 0.571. The molecule has 196 valence electrons. The molecule has 0 radical (unpaired) electrons. The summed E-state index contributed by atoms with van der Waals surface area (Å²) in [5, 5.41) is 0.941. The Hall–Kier alpha value is -3.17. The van der Waals surface area contributed by atoms with Crippen LogP contribution in [0.4, 0.5) is 0 Å². The van der Waals surface area contributed by atoms with Gasteiger partial charge in [0.25, 0.3) is 0 Å². The lowest BCUT2D eigenvalue weighted by molar-refractivity contribution is -0.122. The van der Waals surface area contributed by atoms with Crippen molar-refractivity contribution in [3.05, 3.63) is 88.7 Å². The second kappa shape index (κ2) is 10.5. The number of rotatable bonds is 6. The molecular weight excluding hydrogens is 543 g/mol. The van der Waals surface area contributed by atoms with Crippen LogP contribution in [0.3, 0.4) is 0 Å². The van der Waals surface area contributed by atoms with Crippen molar-refractivity contribution < 1.29 is 13.2 Å². The first-order valence-corrected chi connectivity index (χ1v) is 14.6. The molecule has 10 heteroatoms. The molecule has 1 atom stereocenters. The van der Waals surface area contributed by atoms with Gasteiger partial charge >= 0.3 is 0 Å². The van der Waals surface area contributed by atoms with Crippen molar-refractivity contribution in [2.75, 3.05) is 32.9 Å². The number of sulfone groups is 1. The minimum Gasteiger partial charge on any atom is -0.334 e. The number of halogens is 2. The van der Waals surface area contributed by atoms with Gasteiger partial charge in [0.15, 0.2) is 9.84 Å². The molecule has 1 amide bonds. The third kappa shape index (κ3) is 5.22. The van der Waals surface area contributed by atoms with Crippen LogP contribution in [0, 0.1) is 0 Å². The molecule has 1 aromatic heterocycles. The molecule has 0 aliphatic carbocycles. The number of hydrogen-bond donors (Lipinski definition) is 0. The quantitative estimate of drug-likeness (QED) is 0.292. The maximum absolute atomic E-state index is 12.0. The second-order valence-electron chi connectivity index (χ2n) is 9.42. The van der Waals surface area contributed by atoms with Crippen LogP contribution < -0.4 is 0 Å². The normalized spacial score (nSPS) is 16.5. The van der Waals surface area contributed by atoms with Gasteiger partial charge in [-0.1, -0.05) is 53.5 Å². The van der Waals surface area contributed by atoms with Gasteiger partial charge in [0.1, 0.15) is 5.82 Å². The van der Waals surface area contributed by atoms with Crippen molar-refractivity contribution in [3.8, 4) is 28.2 Å². The van der Waals surface area contributed by atoms with Gasteiger partial charge < -0.3 is 9.80 Å². The average Bonchev–Trinajstić information content (AvgIpc) is 3.33. The molecule has 38 heavy (non-hydrogen) atoms. The van der Waals surface area contributed by atoms with Gasteiger partial charge in [0, 0.05) is 37.8 Å². The van der Waals surface area contributed by atoms with Gasteiger partial charge in [-0.3, -0.25) is 9.36 Å². The van der Waals surface area contributed by atoms with Crippen LogP contribution in [0.2, 0.25) is 10.0 Å². The van der Waals surface area contributed by atoms with Crippen LogP contribution in [0.1, 0.15) is 11.7 Å². The lowest BCUT2D eigenvalue weighted by Gasteiger charge is -2.36. The molecular formula is C28H26Cl2N4O3S. The summed E-state index contributed by atoms with van der Waals surface area (Å²) in [4.78, 5) is 21.0. The number of piperazine rings is 1.